The Hall–Kier alpha value is -1.50. The van der Waals surface area contributed by atoms with Gasteiger partial charge in [0.2, 0.25) is 12.3 Å². The number of carbonyl (C=O) groups is 2. The lowest BCUT2D eigenvalue weighted by Crippen LogP contribution is -2.32. The second-order valence-electron chi connectivity index (χ2n) is 5.48. The van der Waals surface area contributed by atoms with Gasteiger partial charge in [0, 0.05) is 17.2 Å². The van der Waals surface area contributed by atoms with Crippen LogP contribution in [0.3, 0.4) is 0 Å². The Kier molecular flexibility index (Phi) is 3.51. The third kappa shape index (κ3) is 1.77. The maximum atomic E-state index is 13.5. The van der Waals surface area contributed by atoms with Crippen LogP contribution in [0.4, 0.5) is 14.5 Å². The van der Waals surface area contributed by atoms with Crippen LogP contribution < -0.4 is 4.90 Å². The lowest BCUT2D eigenvalue weighted by Gasteiger charge is -2.11. The number of likely N-dealkylation sites (N-methyl/N-ethyl adjacent to an activating group) is 1. The van der Waals surface area contributed by atoms with Gasteiger partial charge in [-0.3, -0.25) is 9.59 Å². The van der Waals surface area contributed by atoms with Gasteiger partial charge in [0.1, 0.15) is 0 Å². The van der Waals surface area contributed by atoms with E-state index in [4.69, 9.17) is 4.74 Å². The summed E-state index contributed by atoms with van der Waals surface area (Å²) in [5.74, 6) is -3.65. The third-order valence-electron chi connectivity index (χ3n) is 4.50. The van der Waals surface area contributed by atoms with Crippen molar-refractivity contribution in [3.05, 3.63) is 28.2 Å². The molecule has 1 spiro atoms. The predicted octanol–water partition coefficient (Wildman–Crippen LogP) is 2.74. The number of ether oxygens (including phenoxy) is 1. The van der Waals surface area contributed by atoms with E-state index in [-0.39, 0.29) is 6.61 Å². The van der Waals surface area contributed by atoms with Crippen LogP contribution in [0, 0.1) is 11.8 Å². The molecule has 0 saturated heterocycles. The van der Waals surface area contributed by atoms with E-state index in [0.29, 0.717) is 11.3 Å². The second kappa shape index (κ2) is 5.01. The van der Waals surface area contributed by atoms with Gasteiger partial charge in [-0.25, -0.2) is 8.78 Å². The number of fused-ring (bicyclic) bond motifs is 2. The van der Waals surface area contributed by atoms with Gasteiger partial charge in [-0.15, -0.1) is 0 Å². The van der Waals surface area contributed by atoms with Crippen LogP contribution >= 0.6 is 15.9 Å². The molecule has 1 amide bonds. The first kappa shape index (κ1) is 15.4. The maximum Gasteiger partial charge on any atom is 0.310 e. The lowest BCUT2D eigenvalue weighted by atomic mass is 9.93. The lowest BCUT2D eigenvalue weighted by molar-refractivity contribution is -0.146. The number of carbonyl (C=O) groups excluding carboxylic acids is 2. The number of halogens is 3. The van der Waals surface area contributed by atoms with Crippen LogP contribution in [0.25, 0.3) is 0 Å². The van der Waals surface area contributed by atoms with E-state index in [1.165, 1.54) is 11.9 Å². The molecule has 1 aliphatic carbocycles. The molecule has 1 saturated carbocycles. The summed E-state index contributed by atoms with van der Waals surface area (Å²) in [4.78, 5) is 26.1. The molecule has 0 unspecified atom stereocenters. The second-order valence-corrected chi connectivity index (χ2v) is 6.40. The highest BCUT2D eigenvalue weighted by atomic mass is 79.9. The number of amides is 1. The Morgan fingerprint density at radius 2 is 2.18 bits per heavy atom. The van der Waals surface area contributed by atoms with E-state index in [0.717, 1.165) is 4.47 Å². The van der Waals surface area contributed by atoms with Crippen molar-refractivity contribution in [2.75, 3.05) is 18.6 Å². The molecule has 1 fully saturated rings. The van der Waals surface area contributed by atoms with Crippen LogP contribution in [-0.4, -0.2) is 32.0 Å². The van der Waals surface area contributed by atoms with Crippen LogP contribution in [0.2, 0.25) is 0 Å². The van der Waals surface area contributed by atoms with Crippen molar-refractivity contribution >= 4 is 33.5 Å². The fourth-order valence-corrected chi connectivity index (χ4v) is 3.93. The van der Waals surface area contributed by atoms with Gasteiger partial charge in [0.05, 0.1) is 23.9 Å². The van der Waals surface area contributed by atoms with Crippen molar-refractivity contribution in [2.24, 2.45) is 11.8 Å². The molecule has 118 valence electrons. The molecule has 3 rings (SSSR count). The average Bonchev–Trinajstić information content (AvgIpc) is 3.12. The summed E-state index contributed by atoms with van der Waals surface area (Å²) in [5.41, 5.74) is -0.450. The Morgan fingerprint density at radius 1 is 1.50 bits per heavy atom. The number of nitrogens with zero attached hydrogens (tertiary/aromatic N) is 1. The molecule has 3 atom stereocenters. The zero-order valence-electron chi connectivity index (χ0n) is 12.0. The van der Waals surface area contributed by atoms with E-state index in [9.17, 15) is 18.4 Å². The maximum absolute atomic E-state index is 13.5. The molecule has 1 heterocycles. The fraction of sp³-hybridized carbons (Fsp3) is 0.467. The summed E-state index contributed by atoms with van der Waals surface area (Å²) in [6.45, 7) is 1.70. The molecule has 0 bridgehead atoms. The smallest absolute Gasteiger partial charge is 0.310 e. The minimum absolute atomic E-state index is 0.0958. The molecule has 7 heteroatoms. The van der Waals surface area contributed by atoms with Crippen molar-refractivity contribution in [1.82, 2.24) is 0 Å². The number of hydrogen-bond acceptors (Lipinski definition) is 3. The Morgan fingerprint density at radius 3 is 2.77 bits per heavy atom. The molecular weight excluding hydrogens is 360 g/mol. The molecule has 1 aliphatic heterocycles. The normalized spacial score (nSPS) is 29.2. The van der Waals surface area contributed by atoms with Crippen LogP contribution in [0.5, 0.6) is 0 Å². The number of hydrogen-bond donors (Lipinski definition) is 0. The quantitative estimate of drug-likeness (QED) is 0.765. The number of anilines is 1. The highest BCUT2D eigenvalue weighted by molar-refractivity contribution is 9.10. The number of rotatable bonds is 3. The highest BCUT2D eigenvalue weighted by Gasteiger charge is 2.80. The Balaban J connectivity index is 2.13. The van der Waals surface area contributed by atoms with Crippen LogP contribution in [-0.2, 0) is 19.7 Å². The molecule has 1 aromatic carbocycles. The van der Waals surface area contributed by atoms with E-state index in [2.05, 4.69) is 15.9 Å². The topological polar surface area (TPSA) is 46.6 Å². The van der Waals surface area contributed by atoms with Gasteiger partial charge >= 0.3 is 5.97 Å². The molecule has 0 radical (unpaired) electrons. The van der Waals surface area contributed by atoms with Gasteiger partial charge < -0.3 is 9.64 Å². The van der Waals surface area contributed by atoms with E-state index < -0.39 is 35.6 Å². The standard InChI is InChI=1S/C15H14BrF2NO3/c1-3-22-13(20)11-10(12(17)18)15(11)8-5-4-7(16)6-9(8)19(2)14(15)21/h4-6,10-12H,3H2,1-2H3/t10-,11-,15+/m1/s1. The van der Waals surface area contributed by atoms with Gasteiger partial charge in [-0.05, 0) is 24.6 Å². The van der Waals surface area contributed by atoms with Gasteiger partial charge in [-0.2, -0.15) is 0 Å². The first-order valence-corrected chi connectivity index (χ1v) is 7.69. The van der Waals surface area contributed by atoms with Crippen molar-refractivity contribution < 1.29 is 23.1 Å². The van der Waals surface area contributed by atoms with Gasteiger partial charge in [0.15, 0.2) is 0 Å². The van der Waals surface area contributed by atoms with E-state index >= 15 is 0 Å². The fourth-order valence-electron chi connectivity index (χ4n) is 3.58. The summed E-state index contributed by atoms with van der Waals surface area (Å²) >= 11 is 3.31. The molecule has 0 aromatic heterocycles. The third-order valence-corrected chi connectivity index (χ3v) is 5.00. The van der Waals surface area contributed by atoms with Crippen LogP contribution in [0.15, 0.2) is 22.7 Å². The monoisotopic (exact) mass is 373 g/mol. The largest absolute Gasteiger partial charge is 0.466 e. The molecule has 1 aromatic rings. The summed E-state index contributed by atoms with van der Waals surface area (Å²) in [5, 5.41) is 0. The predicted molar refractivity (Wildman–Crippen MR) is 78.8 cm³/mol. The minimum Gasteiger partial charge on any atom is -0.466 e. The summed E-state index contributed by atoms with van der Waals surface area (Å²) in [7, 11) is 1.53. The number of benzene rings is 1. The Bertz CT molecular complexity index is 666. The molecule has 2 aliphatic rings. The summed E-state index contributed by atoms with van der Waals surface area (Å²) < 4.78 is 32.6. The molecule has 0 N–H and O–H groups in total. The van der Waals surface area contributed by atoms with Gasteiger partial charge in [-0.1, -0.05) is 22.0 Å². The molecule has 4 nitrogen and oxygen atoms in total. The van der Waals surface area contributed by atoms with E-state index in [1.807, 2.05) is 0 Å². The number of esters is 1. The first-order chi connectivity index (χ1) is 10.4. The average molecular weight is 374 g/mol. The zero-order valence-corrected chi connectivity index (χ0v) is 13.6. The summed E-state index contributed by atoms with van der Waals surface area (Å²) in [6, 6.07) is 5.02. The Labute approximate surface area is 134 Å². The van der Waals surface area contributed by atoms with Crippen LogP contribution in [0.1, 0.15) is 12.5 Å². The van der Waals surface area contributed by atoms with E-state index in [1.54, 1.807) is 25.1 Å². The van der Waals surface area contributed by atoms with Crippen molar-refractivity contribution in [3.63, 3.8) is 0 Å². The zero-order chi connectivity index (χ0) is 16.2. The number of alkyl halides is 2. The highest BCUT2D eigenvalue weighted by Crippen LogP contribution is 2.68. The van der Waals surface area contributed by atoms with Gasteiger partial charge in [0.25, 0.3) is 0 Å². The molecule has 22 heavy (non-hydrogen) atoms. The SMILES string of the molecule is CCOC(=O)[C@H]1[C@H](C(F)F)[C@]12C(=O)N(C)c1cc(Br)ccc12. The summed E-state index contributed by atoms with van der Waals surface area (Å²) in [6.07, 6.45) is -2.76. The molecular formula is C15H14BrF2NO3. The first-order valence-electron chi connectivity index (χ1n) is 6.90. The minimum atomic E-state index is -2.76. The van der Waals surface area contributed by atoms with Crippen molar-refractivity contribution in [1.29, 1.82) is 0 Å². The van der Waals surface area contributed by atoms with Crippen molar-refractivity contribution in [2.45, 2.75) is 18.8 Å². The van der Waals surface area contributed by atoms with Crippen molar-refractivity contribution in [3.8, 4) is 0 Å².